The molecule has 0 atom stereocenters. The molecule has 0 aliphatic carbocycles. The first-order valence-corrected chi connectivity index (χ1v) is 18.5. The van der Waals surface area contributed by atoms with E-state index in [2.05, 4.69) is 27.2 Å². The molecule has 1 fully saturated rings. The maximum atomic E-state index is 5.29. The topological polar surface area (TPSA) is 18.5 Å². The predicted molar refractivity (Wildman–Crippen MR) is 56.8 cm³/mol. The van der Waals surface area contributed by atoms with E-state index in [1.165, 1.54) is 0 Å². The molecule has 0 saturated carbocycles. The fourth-order valence-corrected chi connectivity index (χ4v) is 1.67. The van der Waals surface area contributed by atoms with E-state index in [1.54, 1.807) is 11.3 Å². The van der Waals surface area contributed by atoms with Crippen molar-refractivity contribution in [1.29, 1.82) is 0 Å². The van der Waals surface area contributed by atoms with Crippen molar-refractivity contribution < 1.29 is 22.7 Å². The van der Waals surface area contributed by atoms with Gasteiger partial charge >= 0.3 is 40.5 Å². The quantitative estimate of drug-likeness (QED) is 0.694. The molecule has 0 unspecified atom stereocenters. The van der Waals surface area contributed by atoms with Crippen LogP contribution in [0.3, 0.4) is 0 Å². The van der Waals surface area contributed by atoms with Crippen LogP contribution >= 0.6 is 38.6 Å². The van der Waals surface area contributed by atoms with Gasteiger partial charge in [-0.15, -0.1) is 11.3 Å². The zero-order valence-electron chi connectivity index (χ0n) is 6.91. The Labute approximate surface area is 102 Å². The summed E-state index contributed by atoms with van der Waals surface area (Å²) in [5.41, 5.74) is 0. The van der Waals surface area contributed by atoms with Crippen LogP contribution in [0.25, 0.3) is 0 Å². The third-order valence-electron chi connectivity index (χ3n) is 1.40. The van der Waals surface area contributed by atoms with Gasteiger partial charge < -0.3 is 9.47 Å². The van der Waals surface area contributed by atoms with Crippen molar-refractivity contribution in [2.75, 3.05) is 13.2 Å². The standard InChI is InChI=1S/C7H8O2S.2BrH.Zn/c1-2-6(10-5-1)7-8-3-4-9-7;;;/h1-2,5,7H,3-4H2;2*1H;/q;;;+2/p-2. The molecule has 1 aromatic heterocycles. The molecule has 0 N–H and O–H groups in total. The van der Waals surface area contributed by atoms with Crippen LogP contribution in [-0.2, 0) is 22.7 Å². The Bertz CT molecular complexity index is 214. The Morgan fingerprint density at radius 2 is 2.00 bits per heavy atom. The van der Waals surface area contributed by atoms with Gasteiger partial charge in [-0.25, -0.2) is 0 Å². The summed E-state index contributed by atoms with van der Waals surface area (Å²) in [5.74, 6) is 0. The largest absolute Gasteiger partial charge is 0.345 e. The van der Waals surface area contributed by atoms with Crippen LogP contribution in [0.4, 0.5) is 0 Å². The van der Waals surface area contributed by atoms with Crippen LogP contribution in [0.5, 0.6) is 0 Å². The minimum absolute atomic E-state index is 0.0833. The van der Waals surface area contributed by atoms with E-state index >= 15 is 0 Å². The summed E-state index contributed by atoms with van der Waals surface area (Å²) in [4.78, 5) is 1.16. The molecule has 1 aromatic rings. The van der Waals surface area contributed by atoms with E-state index in [-0.39, 0.29) is 19.5 Å². The first kappa shape index (κ1) is 12.3. The molecule has 6 heteroatoms. The molecule has 0 aromatic carbocycles. The van der Waals surface area contributed by atoms with Gasteiger partial charge in [0.2, 0.25) is 0 Å². The summed E-state index contributed by atoms with van der Waals surface area (Å²) in [6, 6.07) is 4.03. The molecule has 0 bridgehead atoms. The van der Waals surface area contributed by atoms with Crippen molar-refractivity contribution in [3.05, 3.63) is 22.4 Å². The zero-order chi connectivity index (χ0) is 9.52. The van der Waals surface area contributed by atoms with Crippen molar-refractivity contribution in [1.82, 2.24) is 0 Å². The minimum atomic E-state index is -0.250. The van der Waals surface area contributed by atoms with Crippen molar-refractivity contribution in [3.8, 4) is 0 Å². The number of rotatable bonds is 1. The molecular weight excluding hydrogens is 373 g/mol. The van der Waals surface area contributed by atoms with Crippen molar-refractivity contribution in [3.63, 3.8) is 0 Å². The fourth-order valence-electron chi connectivity index (χ4n) is 0.948. The summed E-state index contributed by atoms with van der Waals surface area (Å²) in [6.45, 7) is 1.45. The summed E-state index contributed by atoms with van der Waals surface area (Å²) in [7, 11) is 0. The molecular formula is C7H8Br2O2SZn. The number of thiophene rings is 1. The van der Waals surface area contributed by atoms with Crippen molar-refractivity contribution in [2.45, 2.75) is 6.29 Å². The molecule has 2 rings (SSSR count). The first-order valence-electron chi connectivity index (χ1n) is 3.77. The zero-order valence-corrected chi connectivity index (χ0v) is 13.9. The second-order valence-electron chi connectivity index (χ2n) is 2.19. The van der Waals surface area contributed by atoms with Crippen LogP contribution in [0.1, 0.15) is 11.2 Å². The van der Waals surface area contributed by atoms with E-state index in [0.29, 0.717) is 0 Å². The van der Waals surface area contributed by atoms with Crippen LogP contribution < -0.4 is 0 Å². The van der Waals surface area contributed by atoms with Gasteiger partial charge in [0.15, 0.2) is 6.29 Å². The Hall–Kier alpha value is 1.20. The van der Waals surface area contributed by atoms with E-state index in [9.17, 15) is 0 Å². The number of halogens is 2. The molecule has 0 amide bonds. The van der Waals surface area contributed by atoms with Crippen LogP contribution in [-0.4, -0.2) is 13.2 Å². The fraction of sp³-hybridized carbons (Fsp3) is 0.429. The third kappa shape index (κ3) is 4.49. The minimum Gasteiger partial charge on any atom is -0.345 e. The Kier molecular flexibility index (Phi) is 7.07. The Balaban J connectivity index is 0.000000251. The molecule has 2 heterocycles. The van der Waals surface area contributed by atoms with Gasteiger partial charge in [0.1, 0.15) is 0 Å². The van der Waals surface area contributed by atoms with Gasteiger partial charge in [-0.05, 0) is 11.4 Å². The Morgan fingerprint density at radius 3 is 2.46 bits per heavy atom. The average molecular weight is 381 g/mol. The number of hydrogen-bond donors (Lipinski definition) is 0. The molecule has 1 aliphatic heterocycles. The van der Waals surface area contributed by atoms with Crippen LogP contribution in [0, 0.1) is 0 Å². The molecule has 13 heavy (non-hydrogen) atoms. The Morgan fingerprint density at radius 1 is 1.38 bits per heavy atom. The van der Waals surface area contributed by atoms with E-state index in [0.717, 1.165) is 18.1 Å². The smallest absolute Gasteiger partial charge is 0.193 e. The van der Waals surface area contributed by atoms with Gasteiger partial charge in [0.05, 0.1) is 18.1 Å². The summed E-state index contributed by atoms with van der Waals surface area (Å²) < 4.78 is 10.6. The summed E-state index contributed by atoms with van der Waals surface area (Å²) >= 11 is 7.92. The van der Waals surface area contributed by atoms with E-state index < -0.39 is 0 Å². The van der Waals surface area contributed by atoms with E-state index in [1.807, 2.05) is 17.5 Å². The van der Waals surface area contributed by atoms with Gasteiger partial charge in [-0.3, -0.25) is 0 Å². The molecule has 1 saturated heterocycles. The van der Waals surface area contributed by atoms with Crippen LogP contribution in [0.2, 0.25) is 0 Å². The molecule has 2 nitrogen and oxygen atoms in total. The SMILES string of the molecule is [Br][Zn][Br].c1csc(C2OCCO2)c1. The van der Waals surface area contributed by atoms with Gasteiger partial charge in [-0.2, -0.15) is 0 Å². The normalized spacial score (nSPS) is 16.2. The third-order valence-corrected chi connectivity index (χ3v) is 2.29. The second kappa shape index (κ2) is 7.49. The maximum absolute atomic E-state index is 5.29. The first-order chi connectivity index (χ1) is 6.38. The second-order valence-corrected chi connectivity index (χ2v) is 17.2. The molecule has 1 aliphatic rings. The predicted octanol–water partition coefficient (Wildman–Crippen LogP) is 3.48. The van der Waals surface area contributed by atoms with Crippen molar-refractivity contribution >= 4 is 38.6 Å². The number of ether oxygens (including phenoxy) is 2. The van der Waals surface area contributed by atoms with E-state index in [4.69, 9.17) is 9.47 Å². The van der Waals surface area contributed by atoms with Gasteiger partial charge in [0.25, 0.3) is 0 Å². The molecule has 0 radical (unpaired) electrons. The average Bonchev–Trinajstić information content (AvgIpc) is 2.78. The maximum Gasteiger partial charge on any atom is 0.193 e. The van der Waals surface area contributed by atoms with Gasteiger partial charge in [-0.1, -0.05) is 6.07 Å². The molecule has 0 spiro atoms. The van der Waals surface area contributed by atoms with Crippen LogP contribution in [0.15, 0.2) is 17.5 Å². The summed E-state index contributed by atoms with van der Waals surface area (Å²) in [6.07, 6.45) is -0.0833. The monoisotopic (exact) mass is 378 g/mol. The summed E-state index contributed by atoms with van der Waals surface area (Å²) in [5, 5.41) is 2.03. The number of hydrogen-bond acceptors (Lipinski definition) is 3. The van der Waals surface area contributed by atoms with Crippen molar-refractivity contribution in [2.24, 2.45) is 0 Å². The molecule has 70 valence electrons. The van der Waals surface area contributed by atoms with Gasteiger partial charge in [0, 0.05) is 0 Å².